The van der Waals surface area contributed by atoms with E-state index in [0.717, 1.165) is 11.1 Å². The molecule has 0 spiro atoms. The Morgan fingerprint density at radius 2 is 1.68 bits per heavy atom. The van der Waals surface area contributed by atoms with Crippen molar-refractivity contribution in [3.8, 4) is 5.75 Å². The van der Waals surface area contributed by atoms with Gasteiger partial charge in [-0.25, -0.2) is 4.90 Å². The Balaban J connectivity index is 1.90. The van der Waals surface area contributed by atoms with Crippen LogP contribution < -0.4 is 15.0 Å². The largest absolute Gasteiger partial charge is 0.496 e. The van der Waals surface area contributed by atoms with Crippen LogP contribution >= 0.6 is 11.6 Å². The number of hydrogen-bond donors (Lipinski definition) is 1. The lowest BCUT2D eigenvalue weighted by molar-refractivity contribution is -0.120. The number of halogens is 1. The molecule has 0 saturated carbocycles. The van der Waals surface area contributed by atoms with Crippen LogP contribution in [0.1, 0.15) is 16.7 Å². The number of carbonyl (C=O) groups is 2. The smallest absolute Gasteiger partial charge is 0.282 e. The van der Waals surface area contributed by atoms with Crippen LogP contribution in [0.25, 0.3) is 5.57 Å². The van der Waals surface area contributed by atoms with Gasteiger partial charge >= 0.3 is 0 Å². The predicted octanol–water partition coefficient (Wildman–Crippen LogP) is 5.36. The van der Waals surface area contributed by atoms with Gasteiger partial charge < -0.3 is 10.1 Å². The molecule has 1 aliphatic heterocycles. The van der Waals surface area contributed by atoms with Gasteiger partial charge in [-0.15, -0.1) is 0 Å². The van der Waals surface area contributed by atoms with Gasteiger partial charge in [0, 0.05) is 16.3 Å². The normalized spacial score (nSPS) is 13.7. The van der Waals surface area contributed by atoms with Gasteiger partial charge in [-0.1, -0.05) is 48.0 Å². The molecule has 0 aromatic heterocycles. The number of nitrogens with one attached hydrogen (secondary N) is 1. The number of para-hydroxylation sites is 1. The average Bonchev–Trinajstić information content (AvgIpc) is 3.00. The van der Waals surface area contributed by atoms with Crippen molar-refractivity contribution < 1.29 is 14.3 Å². The summed E-state index contributed by atoms with van der Waals surface area (Å²) in [7, 11) is 1.53. The highest BCUT2D eigenvalue weighted by atomic mass is 35.5. The Bertz CT molecular complexity index is 1230. The zero-order valence-electron chi connectivity index (χ0n) is 17.4. The molecule has 156 valence electrons. The van der Waals surface area contributed by atoms with Crippen LogP contribution in [0.5, 0.6) is 5.75 Å². The second-order valence-electron chi connectivity index (χ2n) is 7.32. The molecule has 5 nitrogen and oxygen atoms in total. The first-order valence-corrected chi connectivity index (χ1v) is 10.1. The van der Waals surface area contributed by atoms with Crippen molar-refractivity contribution in [1.82, 2.24) is 0 Å². The lowest BCUT2D eigenvalue weighted by Crippen LogP contribution is -2.32. The summed E-state index contributed by atoms with van der Waals surface area (Å²) in [4.78, 5) is 28.3. The standard InChI is InChI=1S/C25H21ClN2O3/c1-15-7-6-8-18(13-15)28-24(29)22(19-9-4-5-10-21(19)31-3)23(25(28)30)27-20-14-17(26)12-11-16(20)2/h4-14,27H,1-3H3. The average molecular weight is 433 g/mol. The van der Waals surface area contributed by atoms with E-state index in [-0.39, 0.29) is 11.3 Å². The molecule has 0 saturated heterocycles. The topological polar surface area (TPSA) is 58.6 Å². The van der Waals surface area contributed by atoms with Crippen LogP contribution in [0.15, 0.2) is 72.4 Å². The number of methoxy groups -OCH3 is 1. The fourth-order valence-electron chi connectivity index (χ4n) is 3.61. The fraction of sp³-hybridized carbons (Fsp3) is 0.120. The number of hydrogen-bond acceptors (Lipinski definition) is 4. The van der Waals surface area contributed by atoms with Crippen molar-refractivity contribution in [2.45, 2.75) is 13.8 Å². The summed E-state index contributed by atoms with van der Waals surface area (Å²) in [5, 5.41) is 3.70. The van der Waals surface area contributed by atoms with E-state index in [1.807, 2.05) is 44.2 Å². The molecule has 2 amide bonds. The quantitative estimate of drug-likeness (QED) is 0.551. The van der Waals surface area contributed by atoms with Crippen molar-refractivity contribution in [2.24, 2.45) is 0 Å². The summed E-state index contributed by atoms with van der Waals surface area (Å²) in [6.07, 6.45) is 0. The molecule has 3 aromatic carbocycles. The third kappa shape index (κ3) is 3.80. The summed E-state index contributed by atoms with van der Waals surface area (Å²) in [6.45, 7) is 3.82. The van der Waals surface area contributed by atoms with Gasteiger partial charge in [-0.2, -0.15) is 0 Å². The molecule has 0 aliphatic carbocycles. The predicted molar refractivity (Wildman–Crippen MR) is 123 cm³/mol. The van der Waals surface area contributed by atoms with E-state index >= 15 is 0 Å². The zero-order chi connectivity index (χ0) is 22.1. The Hall–Kier alpha value is -3.57. The Labute approximate surface area is 185 Å². The van der Waals surface area contributed by atoms with Crippen LogP contribution in [-0.2, 0) is 9.59 Å². The second kappa shape index (κ2) is 8.28. The third-order valence-corrected chi connectivity index (χ3v) is 5.41. The highest BCUT2D eigenvalue weighted by molar-refractivity contribution is 6.46. The lowest BCUT2D eigenvalue weighted by atomic mass is 10.0. The molecule has 1 aliphatic rings. The van der Waals surface area contributed by atoms with E-state index in [1.165, 1.54) is 12.0 Å². The van der Waals surface area contributed by atoms with E-state index in [1.54, 1.807) is 36.4 Å². The molecular weight excluding hydrogens is 412 g/mol. The molecular formula is C25H21ClN2O3. The highest BCUT2D eigenvalue weighted by Crippen LogP contribution is 2.38. The monoisotopic (exact) mass is 432 g/mol. The minimum atomic E-state index is -0.434. The maximum Gasteiger partial charge on any atom is 0.282 e. The van der Waals surface area contributed by atoms with E-state index < -0.39 is 11.8 Å². The lowest BCUT2D eigenvalue weighted by Gasteiger charge is -2.16. The summed E-state index contributed by atoms with van der Waals surface area (Å²) >= 11 is 6.17. The van der Waals surface area contributed by atoms with Crippen molar-refractivity contribution in [2.75, 3.05) is 17.3 Å². The molecule has 1 N–H and O–H groups in total. The Morgan fingerprint density at radius 3 is 2.42 bits per heavy atom. The molecule has 1 heterocycles. The molecule has 0 bridgehead atoms. The van der Waals surface area contributed by atoms with Gasteiger partial charge in [0.25, 0.3) is 11.8 Å². The van der Waals surface area contributed by atoms with Gasteiger partial charge in [0.1, 0.15) is 11.4 Å². The summed E-state index contributed by atoms with van der Waals surface area (Å²) < 4.78 is 5.48. The number of nitrogens with zero attached hydrogens (tertiary/aromatic N) is 1. The van der Waals surface area contributed by atoms with Crippen LogP contribution in [-0.4, -0.2) is 18.9 Å². The van der Waals surface area contributed by atoms with Crippen LogP contribution in [0.4, 0.5) is 11.4 Å². The molecule has 0 unspecified atom stereocenters. The van der Waals surface area contributed by atoms with E-state index in [9.17, 15) is 9.59 Å². The Morgan fingerprint density at radius 1 is 0.903 bits per heavy atom. The molecule has 0 radical (unpaired) electrons. The number of benzene rings is 3. The molecule has 4 rings (SSSR count). The number of amides is 2. The van der Waals surface area contributed by atoms with Gasteiger partial charge in [0.05, 0.1) is 18.4 Å². The molecule has 31 heavy (non-hydrogen) atoms. The molecule has 0 fully saturated rings. The van der Waals surface area contributed by atoms with Crippen molar-refractivity contribution >= 4 is 40.4 Å². The van der Waals surface area contributed by atoms with Crippen molar-refractivity contribution in [3.63, 3.8) is 0 Å². The molecule has 0 atom stereocenters. The summed E-state index contributed by atoms with van der Waals surface area (Å²) in [5.41, 5.74) is 3.99. The minimum Gasteiger partial charge on any atom is -0.496 e. The number of ether oxygens (including phenoxy) is 1. The molecule has 6 heteroatoms. The number of anilines is 2. The fourth-order valence-corrected chi connectivity index (χ4v) is 3.78. The first-order valence-electron chi connectivity index (χ1n) is 9.77. The van der Waals surface area contributed by atoms with Crippen molar-refractivity contribution in [3.05, 3.63) is 94.1 Å². The first kappa shape index (κ1) is 20.7. The highest BCUT2D eigenvalue weighted by Gasteiger charge is 2.41. The molecule has 3 aromatic rings. The summed E-state index contributed by atoms with van der Waals surface area (Å²) in [5.74, 6) is -0.343. The zero-order valence-corrected chi connectivity index (χ0v) is 18.2. The van der Waals surface area contributed by atoms with Crippen molar-refractivity contribution in [1.29, 1.82) is 0 Å². The van der Waals surface area contributed by atoms with Crippen LogP contribution in [0.3, 0.4) is 0 Å². The van der Waals surface area contributed by atoms with Gasteiger partial charge in [0.15, 0.2) is 0 Å². The Kier molecular flexibility index (Phi) is 5.53. The van der Waals surface area contributed by atoms with Gasteiger partial charge in [-0.05, 0) is 55.3 Å². The van der Waals surface area contributed by atoms with Crippen LogP contribution in [0, 0.1) is 13.8 Å². The third-order valence-electron chi connectivity index (χ3n) is 5.18. The SMILES string of the molecule is COc1ccccc1C1=C(Nc2cc(Cl)ccc2C)C(=O)N(c2cccc(C)c2)C1=O. The first-order chi connectivity index (χ1) is 14.9. The maximum absolute atomic E-state index is 13.6. The van der Waals surface area contributed by atoms with E-state index in [2.05, 4.69) is 5.32 Å². The minimum absolute atomic E-state index is 0.182. The van der Waals surface area contributed by atoms with Gasteiger partial charge in [0.2, 0.25) is 0 Å². The number of aryl methyl sites for hydroxylation is 2. The maximum atomic E-state index is 13.6. The summed E-state index contributed by atoms with van der Waals surface area (Å²) in [6, 6.07) is 19.8. The number of rotatable bonds is 5. The van der Waals surface area contributed by atoms with Gasteiger partial charge in [-0.3, -0.25) is 9.59 Å². The van der Waals surface area contributed by atoms with E-state index in [0.29, 0.717) is 27.7 Å². The van der Waals surface area contributed by atoms with Crippen LogP contribution in [0.2, 0.25) is 5.02 Å². The number of imide groups is 1. The second-order valence-corrected chi connectivity index (χ2v) is 7.76. The van der Waals surface area contributed by atoms with E-state index in [4.69, 9.17) is 16.3 Å². The number of carbonyl (C=O) groups excluding carboxylic acids is 2.